The molecule has 1 N–H and O–H groups in total. The first-order chi connectivity index (χ1) is 15.9. The fourth-order valence-corrected chi connectivity index (χ4v) is 4.47. The van der Waals surface area contributed by atoms with E-state index in [0.717, 1.165) is 27.4 Å². The number of benzene rings is 3. The van der Waals surface area contributed by atoms with E-state index in [1.165, 1.54) is 23.9 Å². The van der Waals surface area contributed by atoms with E-state index in [1.807, 2.05) is 48.5 Å². The molecule has 0 aliphatic rings. The van der Waals surface area contributed by atoms with Crippen molar-refractivity contribution in [1.29, 1.82) is 0 Å². The van der Waals surface area contributed by atoms with Gasteiger partial charge in [-0.25, -0.2) is 9.07 Å². The number of halogens is 2. The van der Waals surface area contributed by atoms with E-state index < -0.39 is 22.6 Å². The van der Waals surface area contributed by atoms with Gasteiger partial charge in [0.25, 0.3) is 5.56 Å². The number of carboxylic acid groups (broad SMARTS) is 1. The maximum Gasteiger partial charge on any atom is 0.316 e. The van der Waals surface area contributed by atoms with E-state index in [1.54, 1.807) is 0 Å². The summed E-state index contributed by atoms with van der Waals surface area (Å²) in [6.45, 7) is 0.0672. The molecule has 0 spiro atoms. The van der Waals surface area contributed by atoms with Crippen LogP contribution in [0.25, 0.3) is 22.0 Å². The first kappa shape index (κ1) is 22.9. The summed E-state index contributed by atoms with van der Waals surface area (Å²) in [6.07, 6.45) is 0.179. The molecule has 4 aromatic rings. The predicted octanol–water partition coefficient (Wildman–Crippen LogP) is 5.03. The average molecular weight is 484 g/mol. The van der Waals surface area contributed by atoms with Gasteiger partial charge in [-0.05, 0) is 53.4 Å². The van der Waals surface area contributed by atoms with Gasteiger partial charge in [-0.3, -0.25) is 9.59 Å². The second-order valence-electron chi connectivity index (χ2n) is 7.41. The topological polar surface area (TPSA) is 85.1 Å². The summed E-state index contributed by atoms with van der Waals surface area (Å²) in [5.74, 6) is -1.01. The number of hydrogen-bond donors (Lipinski definition) is 1. The molecule has 0 aliphatic heterocycles. The summed E-state index contributed by atoms with van der Waals surface area (Å²) in [5.41, 5.74) is 2.88. The molecule has 1 heterocycles. The Hall–Kier alpha value is -3.23. The summed E-state index contributed by atoms with van der Waals surface area (Å²) in [5, 5.41) is 17.4. The first-order valence-corrected chi connectivity index (χ1v) is 11.6. The molecule has 168 valence electrons. The highest BCUT2D eigenvalue weighted by atomic mass is 35.5. The minimum absolute atomic E-state index is 0.0672. The smallest absolute Gasteiger partial charge is 0.316 e. The van der Waals surface area contributed by atoms with Crippen LogP contribution >= 0.6 is 23.4 Å². The highest BCUT2D eigenvalue weighted by molar-refractivity contribution is 7.99. The van der Waals surface area contributed by atoms with Gasteiger partial charge in [0.15, 0.2) is 0 Å². The van der Waals surface area contributed by atoms with Crippen LogP contribution in [-0.4, -0.2) is 31.3 Å². The number of aliphatic carboxylic acids is 1. The van der Waals surface area contributed by atoms with Gasteiger partial charge in [-0.15, -0.1) is 16.9 Å². The van der Waals surface area contributed by atoms with Crippen molar-refractivity contribution in [3.05, 3.63) is 93.5 Å². The SMILES string of the molecule is O=C(O)C(CCn1nnc2ccc(F)cc2c1=O)SCc1ccc(-c2ccc(Cl)cc2)cc1. The molecule has 0 radical (unpaired) electrons. The number of aryl methyl sites for hydroxylation is 1. The first-order valence-electron chi connectivity index (χ1n) is 10.1. The number of carboxylic acids is 1. The van der Waals surface area contributed by atoms with Crippen LogP contribution in [0, 0.1) is 5.82 Å². The van der Waals surface area contributed by atoms with E-state index in [9.17, 15) is 19.1 Å². The Labute approximate surface area is 198 Å². The van der Waals surface area contributed by atoms with Crippen LogP contribution in [0.2, 0.25) is 5.02 Å². The molecule has 6 nitrogen and oxygen atoms in total. The molecule has 9 heteroatoms. The molecule has 33 heavy (non-hydrogen) atoms. The lowest BCUT2D eigenvalue weighted by Crippen LogP contribution is -2.27. The number of thioether (sulfide) groups is 1. The Kier molecular flexibility index (Phi) is 7.05. The Morgan fingerprint density at radius 3 is 2.39 bits per heavy atom. The van der Waals surface area contributed by atoms with Crippen molar-refractivity contribution >= 4 is 40.2 Å². The molecule has 1 atom stereocenters. The third-order valence-electron chi connectivity index (χ3n) is 5.15. The summed E-state index contributed by atoms with van der Waals surface area (Å²) in [6, 6.07) is 19.2. The van der Waals surface area contributed by atoms with Gasteiger partial charge in [0.2, 0.25) is 0 Å². The third kappa shape index (κ3) is 5.58. The van der Waals surface area contributed by atoms with Crippen molar-refractivity contribution in [1.82, 2.24) is 15.0 Å². The van der Waals surface area contributed by atoms with Crippen molar-refractivity contribution in [2.45, 2.75) is 24.0 Å². The van der Waals surface area contributed by atoms with Crippen LogP contribution in [0.3, 0.4) is 0 Å². The van der Waals surface area contributed by atoms with E-state index in [0.29, 0.717) is 16.3 Å². The summed E-state index contributed by atoms with van der Waals surface area (Å²) >= 11 is 7.21. The standard InChI is InChI=1S/C24H19ClFN3O3S/c25-18-7-5-17(6-8-18)16-3-1-15(2-4-16)14-33-22(24(31)32)11-12-29-23(30)20-13-19(26)9-10-21(20)27-28-29/h1-10,13,22H,11-12,14H2,(H,31,32). The van der Waals surface area contributed by atoms with E-state index in [-0.39, 0.29) is 18.4 Å². The molecule has 1 aromatic heterocycles. The van der Waals surface area contributed by atoms with Crippen molar-refractivity contribution in [2.24, 2.45) is 0 Å². The normalized spacial score (nSPS) is 12.1. The average Bonchev–Trinajstić information content (AvgIpc) is 2.81. The number of rotatable bonds is 8. The van der Waals surface area contributed by atoms with Crippen molar-refractivity contribution in [2.75, 3.05) is 0 Å². The van der Waals surface area contributed by atoms with E-state index in [2.05, 4.69) is 10.3 Å². The fraction of sp³-hybridized carbons (Fsp3) is 0.167. The zero-order chi connectivity index (χ0) is 23.4. The lowest BCUT2D eigenvalue weighted by molar-refractivity contribution is -0.136. The highest BCUT2D eigenvalue weighted by Crippen LogP contribution is 2.25. The van der Waals surface area contributed by atoms with E-state index >= 15 is 0 Å². The molecular formula is C24H19ClFN3O3S. The maximum atomic E-state index is 13.5. The summed E-state index contributed by atoms with van der Waals surface area (Å²) in [4.78, 5) is 24.3. The van der Waals surface area contributed by atoms with Crippen LogP contribution in [0.15, 0.2) is 71.5 Å². The largest absolute Gasteiger partial charge is 0.480 e. The molecule has 0 saturated carbocycles. The number of hydrogen-bond acceptors (Lipinski definition) is 5. The van der Waals surface area contributed by atoms with Crippen molar-refractivity contribution in [3.8, 4) is 11.1 Å². The molecule has 0 fully saturated rings. The quantitative estimate of drug-likeness (QED) is 0.378. The lowest BCUT2D eigenvalue weighted by Gasteiger charge is -2.13. The molecule has 0 amide bonds. The Balaban J connectivity index is 1.40. The van der Waals surface area contributed by atoms with Crippen LogP contribution < -0.4 is 5.56 Å². The minimum atomic E-state index is -0.967. The van der Waals surface area contributed by atoms with Crippen LogP contribution in [0.1, 0.15) is 12.0 Å². The molecule has 4 rings (SSSR count). The Morgan fingerprint density at radius 1 is 1.06 bits per heavy atom. The second kappa shape index (κ2) is 10.1. The molecular weight excluding hydrogens is 465 g/mol. The predicted molar refractivity (Wildman–Crippen MR) is 128 cm³/mol. The highest BCUT2D eigenvalue weighted by Gasteiger charge is 2.19. The van der Waals surface area contributed by atoms with Crippen LogP contribution in [0.5, 0.6) is 0 Å². The zero-order valence-corrected chi connectivity index (χ0v) is 18.9. The van der Waals surface area contributed by atoms with Gasteiger partial charge in [0, 0.05) is 17.3 Å². The van der Waals surface area contributed by atoms with Gasteiger partial charge in [0.05, 0.1) is 5.39 Å². The summed E-state index contributed by atoms with van der Waals surface area (Å²) in [7, 11) is 0. The van der Waals surface area contributed by atoms with Crippen molar-refractivity contribution < 1.29 is 14.3 Å². The van der Waals surface area contributed by atoms with Crippen molar-refractivity contribution in [3.63, 3.8) is 0 Å². The third-order valence-corrected chi connectivity index (χ3v) is 6.74. The maximum absolute atomic E-state index is 13.5. The Morgan fingerprint density at radius 2 is 1.73 bits per heavy atom. The van der Waals surface area contributed by atoms with Gasteiger partial charge < -0.3 is 5.11 Å². The zero-order valence-electron chi connectivity index (χ0n) is 17.3. The molecule has 3 aromatic carbocycles. The summed E-state index contributed by atoms with van der Waals surface area (Å²) < 4.78 is 14.6. The molecule has 0 saturated heterocycles. The molecule has 0 bridgehead atoms. The number of fused-ring (bicyclic) bond motifs is 1. The fourth-order valence-electron chi connectivity index (χ4n) is 3.35. The van der Waals surface area contributed by atoms with Gasteiger partial charge in [0.1, 0.15) is 16.6 Å². The molecule has 0 aliphatic carbocycles. The van der Waals surface area contributed by atoms with E-state index in [4.69, 9.17) is 11.6 Å². The van der Waals surface area contributed by atoms with Crippen LogP contribution in [-0.2, 0) is 17.1 Å². The van der Waals surface area contributed by atoms with Gasteiger partial charge in [-0.2, -0.15) is 0 Å². The lowest BCUT2D eigenvalue weighted by atomic mass is 10.0. The number of carbonyl (C=O) groups is 1. The van der Waals surface area contributed by atoms with Gasteiger partial charge in [-0.1, -0.05) is 53.2 Å². The second-order valence-corrected chi connectivity index (χ2v) is 9.04. The van der Waals surface area contributed by atoms with Crippen LogP contribution in [0.4, 0.5) is 4.39 Å². The minimum Gasteiger partial charge on any atom is -0.480 e. The molecule has 1 unspecified atom stereocenters. The number of nitrogens with zero attached hydrogens (tertiary/aromatic N) is 3. The van der Waals surface area contributed by atoms with Gasteiger partial charge >= 0.3 is 5.97 Å². The Bertz CT molecular complexity index is 1340. The number of aromatic nitrogens is 3. The monoisotopic (exact) mass is 483 g/mol.